The molecule has 0 saturated carbocycles. The lowest BCUT2D eigenvalue weighted by atomic mass is 10.0. The van der Waals surface area contributed by atoms with Crippen LogP contribution in [0.15, 0.2) is 30.3 Å². The average Bonchev–Trinajstić information content (AvgIpc) is 3.05. The van der Waals surface area contributed by atoms with E-state index in [-0.39, 0.29) is 12.6 Å². The van der Waals surface area contributed by atoms with Crippen molar-refractivity contribution in [3.05, 3.63) is 30.3 Å². The summed E-state index contributed by atoms with van der Waals surface area (Å²) in [7, 11) is 0. The fourth-order valence-corrected chi connectivity index (χ4v) is 2.63. The molecule has 0 bridgehead atoms. The Morgan fingerprint density at radius 1 is 1.32 bits per heavy atom. The van der Waals surface area contributed by atoms with Crippen molar-refractivity contribution in [2.45, 2.75) is 19.4 Å². The Bertz CT molecular complexity index is 541. The van der Waals surface area contributed by atoms with Gasteiger partial charge in [0.05, 0.1) is 18.3 Å². The molecule has 0 spiro atoms. The molecule has 1 saturated heterocycles. The summed E-state index contributed by atoms with van der Waals surface area (Å²) in [6, 6.07) is 9.89. The van der Waals surface area contributed by atoms with Crippen LogP contribution in [-0.2, 0) is 0 Å². The van der Waals surface area contributed by atoms with Crippen LogP contribution in [-0.4, -0.2) is 44.5 Å². The van der Waals surface area contributed by atoms with Gasteiger partial charge in [-0.05, 0) is 34.9 Å². The van der Waals surface area contributed by atoms with Crippen molar-refractivity contribution in [1.82, 2.24) is 20.2 Å². The van der Waals surface area contributed by atoms with Crippen LogP contribution in [0.25, 0.3) is 5.69 Å². The largest absolute Gasteiger partial charge is 0.394 e. The number of anilines is 1. The van der Waals surface area contributed by atoms with Crippen molar-refractivity contribution in [2.75, 3.05) is 18.1 Å². The van der Waals surface area contributed by atoms with E-state index in [9.17, 15) is 5.11 Å². The number of hydrogen-bond donors (Lipinski definition) is 1. The predicted molar refractivity (Wildman–Crippen MR) is 71.2 cm³/mol. The molecule has 1 aromatic heterocycles. The van der Waals surface area contributed by atoms with Gasteiger partial charge >= 0.3 is 0 Å². The third-order valence-electron chi connectivity index (χ3n) is 3.78. The molecule has 2 unspecified atom stereocenters. The molecule has 100 valence electrons. The normalized spacial score (nSPS) is 22.9. The van der Waals surface area contributed by atoms with E-state index in [0.717, 1.165) is 18.7 Å². The standard InChI is InChI=1S/C13H17N5O/c1-10-7-8-17(12(10)9-19)13-14-15-16-18(13)11-5-3-2-4-6-11/h2-6,10,12,19H,7-9H2,1H3. The second kappa shape index (κ2) is 4.97. The van der Waals surface area contributed by atoms with Crippen LogP contribution in [0.2, 0.25) is 0 Å². The molecule has 6 heteroatoms. The minimum absolute atomic E-state index is 0.0912. The second-order valence-corrected chi connectivity index (χ2v) is 4.94. The maximum Gasteiger partial charge on any atom is 0.250 e. The van der Waals surface area contributed by atoms with Gasteiger partial charge in [0.15, 0.2) is 0 Å². The van der Waals surface area contributed by atoms with Crippen molar-refractivity contribution < 1.29 is 5.11 Å². The Morgan fingerprint density at radius 2 is 2.11 bits per heavy atom. The molecule has 19 heavy (non-hydrogen) atoms. The van der Waals surface area contributed by atoms with Crippen molar-refractivity contribution >= 4 is 5.95 Å². The molecular weight excluding hydrogens is 242 g/mol. The zero-order valence-corrected chi connectivity index (χ0v) is 10.8. The van der Waals surface area contributed by atoms with Crippen molar-refractivity contribution in [2.24, 2.45) is 5.92 Å². The van der Waals surface area contributed by atoms with Gasteiger partial charge in [0.2, 0.25) is 0 Å². The van der Waals surface area contributed by atoms with E-state index >= 15 is 0 Å². The van der Waals surface area contributed by atoms with Gasteiger partial charge < -0.3 is 10.0 Å². The number of tetrazole rings is 1. The first-order valence-corrected chi connectivity index (χ1v) is 6.52. The fourth-order valence-electron chi connectivity index (χ4n) is 2.63. The molecule has 2 aromatic rings. The molecule has 6 nitrogen and oxygen atoms in total. The Morgan fingerprint density at radius 3 is 2.84 bits per heavy atom. The summed E-state index contributed by atoms with van der Waals surface area (Å²) in [5.41, 5.74) is 0.929. The zero-order chi connectivity index (χ0) is 13.2. The van der Waals surface area contributed by atoms with Crippen LogP contribution in [0, 0.1) is 5.92 Å². The lowest BCUT2D eigenvalue weighted by molar-refractivity contribution is 0.243. The molecule has 1 aromatic carbocycles. The number of benzene rings is 1. The van der Waals surface area contributed by atoms with Crippen LogP contribution in [0.1, 0.15) is 13.3 Å². The van der Waals surface area contributed by atoms with E-state index in [2.05, 4.69) is 27.3 Å². The van der Waals surface area contributed by atoms with Crippen molar-refractivity contribution in [3.8, 4) is 5.69 Å². The summed E-state index contributed by atoms with van der Waals surface area (Å²) in [4.78, 5) is 2.09. The summed E-state index contributed by atoms with van der Waals surface area (Å²) in [6.45, 7) is 3.15. The first-order valence-electron chi connectivity index (χ1n) is 6.52. The third-order valence-corrected chi connectivity index (χ3v) is 3.78. The molecular formula is C13H17N5O. The lowest BCUT2D eigenvalue weighted by Crippen LogP contribution is -2.37. The first kappa shape index (κ1) is 12.1. The molecule has 0 amide bonds. The summed E-state index contributed by atoms with van der Waals surface area (Å²) < 4.78 is 1.72. The van der Waals surface area contributed by atoms with Gasteiger partial charge in [-0.25, -0.2) is 0 Å². The first-order chi connectivity index (χ1) is 9.31. The molecule has 0 radical (unpaired) electrons. The Labute approximate surface area is 111 Å². The van der Waals surface area contributed by atoms with E-state index in [1.165, 1.54) is 0 Å². The summed E-state index contributed by atoms with van der Waals surface area (Å²) >= 11 is 0. The van der Waals surface area contributed by atoms with E-state index in [1.807, 2.05) is 30.3 Å². The van der Waals surface area contributed by atoms with Gasteiger partial charge in [-0.1, -0.05) is 30.2 Å². The van der Waals surface area contributed by atoms with Gasteiger partial charge in [-0.3, -0.25) is 0 Å². The minimum Gasteiger partial charge on any atom is -0.394 e. The molecule has 2 heterocycles. The van der Waals surface area contributed by atoms with Gasteiger partial charge in [-0.2, -0.15) is 4.68 Å². The number of para-hydroxylation sites is 1. The highest BCUT2D eigenvalue weighted by molar-refractivity contribution is 5.42. The van der Waals surface area contributed by atoms with E-state index in [1.54, 1.807) is 4.68 Å². The number of aromatic nitrogens is 4. The molecule has 1 fully saturated rings. The fraction of sp³-hybridized carbons (Fsp3) is 0.462. The Kier molecular flexibility index (Phi) is 3.16. The van der Waals surface area contributed by atoms with Gasteiger partial charge in [0.1, 0.15) is 0 Å². The summed E-state index contributed by atoms with van der Waals surface area (Å²) in [5.74, 6) is 1.15. The number of hydrogen-bond acceptors (Lipinski definition) is 5. The average molecular weight is 259 g/mol. The molecule has 3 rings (SSSR count). The maximum atomic E-state index is 9.55. The second-order valence-electron chi connectivity index (χ2n) is 4.94. The van der Waals surface area contributed by atoms with Gasteiger partial charge in [0.25, 0.3) is 5.95 Å². The number of nitrogens with zero attached hydrogens (tertiary/aromatic N) is 5. The quantitative estimate of drug-likeness (QED) is 0.886. The third kappa shape index (κ3) is 2.08. The lowest BCUT2D eigenvalue weighted by Gasteiger charge is -2.25. The van der Waals surface area contributed by atoms with Gasteiger partial charge in [-0.15, -0.1) is 0 Å². The highest BCUT2D eigenvalue weighted by Crippen LogP contribution is 2.28. The minimum atomic E-state index is 0.0912. The van der Waals surface area contributed by atoms with Crippen molar-refractivity contribution in [3.63, 3.8) is 0 Å². The van der Waals surface area contributed by atoms with Crippen LogP contribution >= 0.6 is 0 Å². The Hall–Kier alpha value is -1.95. The number of aliphatic hydroxyl groups is 1. The Balaban J connectivity index is 1.97. The van der Waals surface area contributed by atoms with Gasteiger partial charge in [0, 0.05) is 6.54 Å². The SMILES string of the molecule is CC1CCN(c2nnnn2-c2ccccc2)C1CO. The summed E-state index contributed by atoms with van der Waals surface area (Å²) in [5, 5.41) is 21.5. The van der Waals surface area contributed by atoms with Crippen molar-refractivity contribution in [1.29, 1.82) is 0 Å². The molecule has 1 aliphatic rings. The summed E-state index contributed by atoms with van der Waals surface area (Å²) in [6.07, 6.45) is 1.05. The van der Waals surface area contributed by atoms with Crippen LogP contribution in [0.3, 0.4) is 0 Å². The van der Waals surface area contributed by atoms with E-state index < -0.39 is 0 Å². The van der Waals surface area contributed by atoms with Crippen LogP contribution in [0.5, 0.6) is 0 Å². The maximum absolute atomic E-state index is 9.55. The molecule has 1 aliphatic heterocycles. The molecule has 2 atom stereocenters. The highest BCUT2D eigenvalue weighted by atomic mass is 16.3. The topological polar surface area (TPSA) is 67.1 Å². The molecule has 0 aliphatic carbocycles. The highest BCUT2D eigenvalue weighted by Gasteiger charge is 2.33. The smallest absolute Gasteiger partial charge is 0.250 e. The zero-order valence-electron chi connectivity index (χ0n) is 10.8. The number of rotatable bonds is 3. The number of aliphatic hydroxyl groups excluding tert-OH is 1. The van der Waals surface area contributed by atoms with Crippen LogP contribution in [0.4, 0.5) is 5.95 Å². The van der Waals surface area contributed by atoms with E-state index in [4.69, 9.17) is 0 Å². The van der Waals surface area contributed by atoms with Crippen LogP contribution < -0.4 is 4.90 Å². The van der Waals surface area contributed by atoms with E-state index in [0.29, 0.717) is 11.9 Å². The monoisotopic (exact) mass is 259 g/mol. The predicted octanol–water partition coefficient (Wildman–Crippen LogP) is 0.869. The molecule has 1 N–H and O–H groups in total.